The number of thiazole rings is 1. The predicted octanol–water partition coefficient (Wildman–Crippen LogP) is 0.268. The van der Waals surface area contributed by atoms with E-state index in [1.165, 1.54) is 0 Å². The number of hydrogen-bond donors (Lipinski definition) is 0. The monoisotopic (exact) mass is 113 g/mol. The molecule has 0 aromatic carbocycles. The van der Waals surface area contributed by atoms with Crippen LogP contribution in [0, 0.1) is 6.92 Å². The molecule has 0 saturated carbocycles. The highest BCUT2D eigenvalue weighted by Crippen LogP contribution is 1.95. The molecule has 38 valence electrons. The Bertz CT molecular complexity index is 115. The molecule has 1 aromatic heterocycles. The number of hydrogen-bond acceptors (Lipinski definition) is 2. The second kappa shape index (κ2) is 2.80. The average Bonchev–Trinajstić information content (AvgIpc) is 1.86. The minimum Gasteiger partial charge on any atom is -0.250 e. The van der Waals surface area contributed by atoms with Crippen molar-refractivity contribution in [3.05, 3.63) is 16.6 Å². The molecule has 1 aromatic rings. The summed E-state index contributed by atoms with van der Waals surface area (Å²) < 4.78 is 0. The highest BCUT2D eigenvalue weighted by atomic mass is 32.1. The smallest absolute Gasteiger partial charge is 0.0814 e. The molecule has 0 bridgehead atoms. The molecule has 0 N–H and O–H groups in total. The lowest BCUT2D eigenvalue weighted by Crippen LogP contribution is -1.59. The summed E-state index contributed by atoms with van der Waals surface area (Å²) in [5, 5.41) is 2.01. The quantitative estimate of drug-likeness (QED) is 0.440. The van der Waals surface area contributed by atoms with Crippen LogP contribution in [0.15, 0.2) is 10.9 Å². The van der Waals surface area contributed by atoms with E-state index in [4.69, 9.17) is 0 Å². The van der Waals surface area contributed by atoms with Crippen LogP contribution in [0.4, 0.5) is 0 Å². The summed E-state index contributed by atoms with van der Waals surface area (Å²) in [4.78, 5) is 3.94. The van der Waals surface area contributed by atoms with E-state index in [1.807, 2.05) is 17.8 Å². The lowest BCUT2D eigenvalue weighted by Gasteiger charge is -1.64. The first-order valence-corrected chi connectivity index (χ1v) is 2.68. The van der Waals surface area contributed by atoms with Crippen molar-refractivity contribution < 1.29 is 0 Å². The Morgan fingerprint density at radius 3 is 2.57 bits per heavy atom. The van der Waals surface area contributed by atoms with Gasteiger partial charge in [0.1, 0.15) is 0 Å². The van der Waals surface area contributed by atoms with Crippen molar-refractivity contribution in [2.45, 2.75) is 6.92 Å². The molecule has 0 aliphatic carbocycles. The van der Waals surface area contributed by atoms with E-state index < -0.39 is 0 Å². The zero-order valence-corrected chi connectivity index (χ0v) is 4.33. The van der Waals surface area contributed by atoms with Crippen LogP contribution in [0.1, 0.15) is 5.69 Å². The largest absolute Gasteiger partial charge is 0.250 e. The van der Waals surface area contributed by atoms with E-state index in [9.17, 15) is 0 Å². The van der Waals surface area contributed by atoms with Crippen molar-refractivity contribution >= 4 is 19.7 Å². The van der Waals surface area contributed by atoms with Crippen LogP contribution in [-0.2, 0) is 0 Å². The van der Waals surface area contributed by atoms with Gasteiger partial charge >= 0.3 is 0 Å². The van der Waals surface area contributed by atoms with Crippen LogP contribution in [0.3, 0.4) is 0 Å². The van der Waals surface area contributed by atoms with Crippen molar-refractivity contribution in [3.8, 4) is 0 Å². The summed E-state index contributed by atoms with van der Waals surface area (Å²) in [6.07, 6.45) is 0. The molecule has 0 radical (unpaired) electrons. The van der Waals surface area contributed by atoms with Crippen LogP contribution < -0.4 is 0 Å². The van der Waals surface area contributed by atoms with Gasteiger partial charge in [0.25, 0.3) is 0 Å². The molecule has 0 aliphatic rings. The van der Waals surface area contributed by atoms with Crippen molar-refractivity contribution in [3.63, 3.8) is 0 Å². The van der Waals surface area contributed by atoms with E-state index in [2.05, 4.69) is 4.98 Å². The minimum atomic E-state index is 0. The first kappa shape index (κ1) is 6.69. The van der Waals surface area contributed by atoms with Gasteiger partial charge in [-0.25, -0.2) is 0 Å². The normalized spacial score (nSPS) is 7.57. The van der Waals surface area contributed by atoms with Crippen molar-refractivity contribution in [2.24, 2.45) is 0 Å². The summed E-state index contributed by atoms with van der Waals surface area (Å²) in [6, 6.07) is 0. The number of rotatable bonds is 0. The van der Waals surface area contributed by atoms with Gasteiger partial charge in [-0.2, -0.15) is 0 Å². The molecule has 7 heavy (non-hydrogen) atoms. The zero-order valence-electron chi connectivity index (χ0n) is 3.51. The van der Waals surface area contributed by atoms with Crippen LogP contribution >= 0.6 is 11.3 Å². The fraction of sp³-hybridized carbons (Fsp3) is 0.250. The third-order valence-electron chi connectivity index (χ3n) is 0.556. The Kier molecular flexibility index (Phi) is 2.68. The van der Waals surface area contributed by atoms with Gasteiger partial charge in [-0.1, -0.05) is 0 Å². The summed E-state index contributed by atoms with van der Waals surface area (Å²) in [5.41, 5.74) is 2.94. The SMILES string of the molecule is B.Cc1cscn1. The van der Waals surface area contributed by atoms with Gasteiger partial charge in [-0.05, 0) is 6.92 Å². The molecule has 1 heterocycles. The fourth-order valence-electron chi connectivity index (χ4n) is 0.273. The van der Waals surface area contributed by atoms with Crippen molar-refractivity contribution in [1.29, 1.82) is 0 Å². The lowest BCUT2D eigenvalue weighted by molar-refractivity contribution is 1.27. The maximum atomic E-state index is 3.94. The first-order valence-electron chi connectivity index (χ1n) is 1.74. The van der Waals surface area contributed by atoms with Crippen molar-refractivity contribution in [1.82, 2.24) is 4.98 Å². The molecule has 3 heteroatoms. The number of aryl methyl sites for hydroxylation is 1. The minimum absolute atomic E-state index is 0. The molecule has 1 rings (SSSR count). The first-order chi connectivity index (χ1) is 2.89. The predicted molar refractivity (Wildman–Crippen MR) is 36.8 cm³/mol. The van der Waals surface area contributed by atoms with Crippen LogP contribution in [0.25, 0.3) is 0 Å². The van der Waals surface area contributed by atoms with E-state index in [-0.39, 0.29) is 8.41 Å². The second-order valence-corrected chi connectivity index (χ2v) is 1.85. The van der Waals surface area contributed by atoms with E-state index in [0.717, 1.165) is 5.69 Å². The van der Waals surface area contributed by atoms with E-state index in [1.54, 1.807) is 11.3 Å². The maximum Gasteiger partial charge on any atom is 0.0814 e. The molecule has 0 fully saturated rings. The van der Waals surface area contributed by atoms with E-state index >= 15 is 0 Å². The Labute approximate surface area is 49.0 Å². The third-order valence-corrected chi connectivity index (χ3v) is 1.26. The third kappa shape index (κ3) is 1.73. The van der Waals surface area contributed by atoms with E-state index in [0.29, 0.717) is 0 Å². The lowest BCUT2D eigenvalue weighted by atomic mass is 10.6. The molecule has 0 spiro atoms. The highest BCUT2D eigenvalue weighted by Gasteiger charge is 1.76. The van der Waals surface area contributed by atoms with Gasteiger partial charge in [0.05, 0.1) is 13.9 Å². The molecule has 0 saturated heterocycles. The van der Waals surface area contributed by atoms with Crippen LogP contribution in [-0.4, -0.2) is 13.4 Å². The summed E-state index contributed by atoms with van der Waals surface area (Å²) in [6.45, 7) is 1.98. The second-order valence-electron chi connectivity index (χ2n) is 1.13. The van der Waals surface area contributed by atoms with Gasteiger partial charge in [-0.15, -0.1) is 11.3 Å². The molecule has 0 amide bonds. The Balaban J connectivity index is 0.000000360. The molecule has 1 nitrogen and oxygen atoms in total. The fourth-order valence-corrected chi connectivity index (χ4v) is 0.819. The highest BCUT2D eigenvalue weighted by molar-refractivity contribution is 7.07. The van der Waals surface area contributed by atoms with Gasteiger partial charge in [0.15, 0.2) is 0 Å². The van der Waals surface area contributed by atoms with Crippen LogP contribution in [0.2, 0.25) is 0 Å². The average molecular weight is 113 g/mol. The summed E-state index contributed by atoms with van der Waals surface area (Å²) in [5.74, 6) is 0. The molecule has 0 aliphatic heterocycles. The molecular formula is C4H8BNS. The maximum absolute atomic E-state index is 3.94. The Morgan fingerprint density at radius 1 is 1.71 bits per heavy atom. The Morgan fingerprint density at radius 2 is 2.43 bits per heavy atom. The molecule has 0 unspecified atom stereocenters. The van der Waals surface area contributed by atoms with Gasteiger partial charge in [0.2, 0.25) is 0 Å². The number of nitrogens with zero attached hydrogens (tertiary/aromatic N) is 1. The van der Waals surface area contributed by atoms with Crippen LogP contribution in [0.5, 0.6) is 0 Å². The van der Waals surface area contributed by atoms with Crippen molar-refractivity contribution in [2.75, 3.05) is 0 Å². The number of aromatic nitrogens is 1. The zero-order chi connectivity index (χ0) is 4.41. The topological polar surface area (TPSA) is 12.9 Å². The summed E-state index contributed by atoms with van der Waals surface area (Å²) >= 11 is 1.63. The van der Waals surface area contributed by atoms with Gasteiger partial charge < -0.3 is 0 Å². The Hall–Kier alpha value is -0.305. The molecular weight excluding hydrogens is 105 g/mol. The van der Waals surface area contributed by atoms with Gasteiger partial charge in [-0.3, -0.25) is 4.98 Å². The molecule has 0 atom stereocenters. The van der Waals surface area contributed by atoms with Gasteiger partial charge in [0, 0.05) is 11.1 Å². The standard InChI is InChI=1S/C4H5NS.BH3/c1-4-2-6-3-5-4;/h2-3H,1H3;1H3. The summed E-state index contributed by atoms with van der Waals surface area (Å²) in [7, 11) is 0.